The van der Waals surface area contributed by atoms with Crippen LogP contribution in [0.2, 0.25) is 0 Å². The number of thiazole rings is 1. The predicted molar refractivity (Wildman–Crippen MR) is 162 cm³/mol. The van der Waals surface area contributed by atoms with Crippen molar-refractivity contribution in [1.82, 2.24) is 19.9 Å². The smallest absolute Gasteiger partial charge is 0.326 e. The average Bonchev–Trinajstić information content (AvgIpc) is 3.73. The molecule has 0 atom stereocenters. The van der Waals surface area contributed by atoms with E-state index in [2.05, 4.69) is 35.8 Å². The molecule has 206 valence electrons. The highest BCUT2D eigenvalue weighted by Gasteiger charge is 2.15. The van der Waals surface area contributed by atoms with Crippen LogP contribution in [0.4, 0.5) is 26.4 Å². The van der Waals surface area contributed by atoms with E-state index < -0.39 is 0 Å². The fourth-order valence-corrected chi connectivity index (χ4v) is 6.21. The zero-order valence-electron chi connectivity index (χ0n) is 22.0. The number of hydrogen-bond donors (Lipinski definition) is 3. The molecule has 2 amide bonds. The van der Waals surface area contributed by atoms with Crippen molar-refractivity contribution in [3.8, 4) is 11.5 Å². The molecule has 10 nitrogen and oxygen atoms in total. The summed E-state index contributed by atoms with van der Waals surface area (Å²) in [7, 11) is 1.64. The van der Waals surface area contributed by atoms with Gasteiger partial charge < -0.3 is 19.7 Å². The fourth-order valence-electron chi connectivity index (χ4n) is 4.69. The molecule has 0 saturated carbocycles. The summed E-state index contributed by atoms with van der Waals surface area (Å²) in [4.78, 5) is 28.3. The molecule has 1 aliphatic heterocycles. The van der Waals surface area contributed by atoms with Gasteiger partial charge in [0.1, 0.15) is 12.1 Å². The second-order valence-corrected chi connectivity index (χ2v) is 11.4. The third-order valence-corrected chi connectivity index (χ3v) is 8.34. The molecule has 0 aliphatic carbocycles. The summed E-state index contributed by atoms with van der Waals surface area (Å²) >= 11 is 2.86. The predicted octanol–water partition coefficient (Wildman–Crippen LogP) is 6.56. The van der Waals surface area contributed by atoms with Gasteiger partial charge in [-0.25, -0.2) is 19.7 Å². The molecule has 5 aromatic rings. The molecule has 6 rings (SSSR count). The van der Waals surface area contributed by atoms with E-state index in [0.29, 0.717) is 29.1 Å². The summed E-state index contributed by atoms with van der Waals surface area (Å²) in [5, 5.41) is 13.0. The van der Waals surface area contributed by atoms with Gasteiger partial charge in [0.2, 0.25) is 0 Å². The van der Waals surface area contributed by atoms with Crippen molar-refractivity contribution in [2.75, 3.05) is 49.3 Å². The lowest BCUT2D eigenvalue weighted by molar-refractivity contribution is 0.254. The number of urea groups is 1. The maximum Gasteiger partial charge on any atom is 0.326 e. The van der Waals surface area contributed by atoms with Crippen LogP contribution in [0.15, 0.2) is 54.2 Å². The van der Waals surface area contributed by atoms with E-state index in [0.717, 1.165) is 44.8 Å². The minimum atomic E-state index is -0.323. The molecular formula is C28H29N7O3S2. The van der Waals surface area contributed by atoms with E-state index >= 15 is 0 Å². The number of nitrogens with one attached hydrogen (secondary N) is 3. The number of carbonyl (C=O) groups is 1. The van der Waals surface area contributed by atoms with Crippen molar-refractivity contribution in [3.05, 3.63) is 54.2 Å². The first-order valence-electron chi connectivity index (χ1n) is 13.1. The summed E-state index contributed by atoms with van der Waals surface area (Å²) in [6.45, 7) is 4.05. The molecule has 2 aromatic carbocycles. The third kappa shape index (κ3) is 6.09. The van der Waals surface area contributed by atoms with Crippen LogP contribution in [0, 0.1) is 0 Å². The number of nitrogens with zero attached hydrogens (tertiary/aromatic N) is 4. The first kappa shape index (κ1) is 26.2. The van der Waals surface area contributed by atoms with Gasteiger partial charge in [-0.15, -0.1) is 11.3 Å². The van der Waals surface area contributed by atoms with E-state index in [9.17, 15) is 4.79 Å². The van der Waals surface area contributed by atoms with Gasteiger partial charge >= 0.3 is 6.03 Å². The highest BCUT2D eigenvalue weighted by atomic mass is 32.1. The van der Waals surface area contributed by atoms with Crippen LogP contribution in [0.1, 0.15) is 19.3 Å². The molecule has 3 N–H and O–H groups in total. The van der Waals surface area contributed by atoms with Crippen molar-refractivity contribution in [2.24, 2.45) is 0 Å². The zero-order chi connectivity index (χ0) is 27.3. The number of thiophene rings is 1. The van der Waals surface area contributed by atoms with Crippen LogP contribution in [-0.4, -0.2) is 59.2 Å². The number of carbonyl (C=O) groups excluding carboxylic acids is 1. The topological polar surface area (TPSA) is 114 Å². The Kier molecular flexibility index (Phi) is 7.89. The number of aromatic nitrogens is 3. The minimum absolute atomic E-state index is 0.323. The highest BCUT2D eigenvalue weighted by molar-refractivity contribution is 7.22. The maximum atomic E-state index is 12.3. The molecule has 0 spiro atoms. The van der Waals surface area contributed by atoms with E-state index in [4.69, 9.17) is 9.47 Å². The van der Waals surface area contributed by atoms with Gasteiger partial charge in [0.15, 0.2) is 16.6 Å². The molecule has 40 heavy (non-hydrogen) atoms. The van der Waals surface area contributed by atoms with Gasteiger partial charge in [-0.1, -0.05) is 11.3 Å². The van der Waals surface area contributed by atoms with Crippen molar-refractivity contribution < 1.29 is 14.3 Å². The van der Waals surface area contributed by atoms with E-state index in [1.807, 2.05) is 47.8 Å². The van der Waals surface area contributed by atoms with Gasteiger partial charge in [-0.2, -0.15) is 0 Å². The number of anilines is 4. The normalized spacial score (nSPS) is 13.5. The third-order valence-electron chi connectivity index (χ3n) is 6.63. The lowest BCUT2D eigenvalue weighted by atomic mass is 10.2. The zero-order valence-corrected chi connectivity index (χ0v) is 23.6. The number of methoxy groups -OCH3 is 1. The molecule has 0 radical (unpaired) electrons. The van der Waals surface area contributed by atoms with Crippen LogP contribution in [-0.2, 0) is 0 Å². The summed E-state index contributed by atoms with van der Waals surface area (Å²) in [5.41, 5.74) is 2.39. The molecule has 12 heteroatoms. The second-order valence-electron chi connectivity index (χ2n) is 9.38. The van der Waals surface area contributed by atoms with Crippen LogP contribution in [0.3, 0.4) is 0 Å². The molecule has 3 aromatic heterocycles. The summed E-state index contributed by atoms with van der Waals surface area (Å²) in [6, 6.07) is 13.0. The molecule has 1 aliphatic rings. The van der Waals surface area contributed by atoms with Crippen LogP contribution >= 0.6 is 22.7 Å². The number of hydrogen-bond acceptors (Lipinski definition) is 10. The number of benzene rings is 2. The molecule has 1 saturated heterocycles. The first-order valence-corrected chi connectivity index (χ1v) is 14.8. The molecule has 0 bridgehead atoms. The van der Waals surface area contributed by atoms with Crippen LogP contribution in [0.5, 0.6) is 11.5 Å². The molecular weight excluding hydrogens is 546 g/mol. The number of fused-ring (bicyclic) bond motifs is 2. The van der Waals surface area contributed by atoms with Gasteiger partial charge in [-0.05, 0) is 74.1 Å². The molecule has 0 unspecified atom stereocenters. The number of likely N-dealkylation sites (tertiary alicyclic amines) is 1. The second kappa shape index (κ2) is 12.0. The Bertz CT molecular complexity index is 1620. The summed E-state index contributed by atoms with van der Waals surface area (Å²) < 4.78 is 12.7. The van der Waals surface area contributed by atoms with E-state index in [1.165, 1.54) is 54.9 Å². The Morgan fingerprint density at radius 2 is 1.95 bits per heavy atom. The molecule has 1 fully saturated rings. The number of rotatable bonds is 10. The van der Waals surface area contributed by atoms with Crippen LogP contribution in [0.25, 0.3) is 21.1 Å². The van der Waals surface area contributed by atoms with Crippen molar-refractivity contribution in [3.63, 3.8) is 0 Å². The minimum Gasteiger partial charge on any atom is -0.493 e. The quantitative estimate of drug-likeness (QED) is 0.160. The standard InChI is InChI=1S/C28H29N7O3S2/c1-37-22-15-19-21(16-23(22)38-12-5-11-35-9-2-3-10-35)29-17-30-26(19)31-18-7-8-20-24(14-18)40-28(32-20)34-27(36)33-25-6-4-13-39-25/h4,6-8,13-17H,2-3,5,9-12H2,1H3,(H,29,30,31)(H2,32,33,34,36). The van der Waals surface area contributed by atoms with E-state index in [1.54, 1.807) is 7.11 Å². The number of amides is 2. The Labute approximate surface area is 239 Å². The van der Waals surface area contributed by atoms with Gasteiger partial charge in [0.25, 0.3) is 0 Å². The van der Waals surface area contributed by atoms with Crippen molar-refractivity contribution in [1.29, 1.82) is 0 Å². The van der Waals surface area contributed by atoms with Crippen molar-refractivity contribution >= 4 is 71.5 Å². The first-order chi connectivity index (χ1) is 19.6. The van der Waals surface area contributed by atoms with Gasteiger partial charge in [0, 0.05) is 23.7 Å². The average molecular weight is 576 g/mol. The lowest BCUT2D eigenvalue weighted by Crippen LogP contribution is -2.21. The van der Waals surface area contributed by atoms with E-state index in [-0.39, 0.29) is 6.03 Å². The largest absolute Gasteiger partial charge is 0.493 e. The number of ether oxygens (including phenoxy) is 2. The Morgan fingerprint density at radius 1 is 1.05 bits per heavy atom. The lowest BCUT2D eigenvalue weighted by Gasteiger charge is -2.16. The van der Waals surface area contributed by atoms with Crippen molar-refractivity contribution in [2.45, 2.75) is 19.3 Å². The van der Waals surface area contributed by atoms with Gasteiger partial charge in [0.05, 0.1) is 34.5 Å². The van der Waals surface area contributed by atoms with Crippen LogP contribution < -0.4 is 25.4 Å². The summed E-state index contributed by atoms with van der Waals surface area (Å²) in [6.07, 6.45) is 5.09. The van der Waals surface area contributed by atoms with Gasteiger partial charge in [-0.3, -0.25) is 10.6 Å². The Hall–Kier alpha value is -4.00. The summed E-state index contributed by atoms with van der Waals surface area (Å²) in [5.74, 6) is 1.97. The molecule has 4 heterocycles. The Morgan fingerprint density at radius 3 is 2.77 bits per heavy atom. The SMILES string of the molecule is COc1cc2c(Nc3ccc4nc(NC(=O)Nc5cccs5)sc4c3)ncnc2cc1OCCCN1CCCC1. The maximum absolute atomic E-state index is 12.3. The fraction of sp³-hybridized carbons (Fsp3) is 0.286. The highest BCUT2D eigenvalue weighted by Crippen LogP contribution is 2.36. The Balaban J connectivity index is 1.15. The monoisotopic (exact) mass is 575 g/mol.